The molecule has 2 unspecified atom stereocenters. The minimum absolute atomic E-state index is 0.153. The minimum atomic E-state index is -0.525. The molecule has 0 N–H and O–H groups in total. The van der Waals surface area contributed by atoms with E-state index in [1.807, 2.05) is 0 Å². The van der Waals surface area contributed by atoms with Gasteiger partial charge in [0.15, 0.2) is 5.78 Å². The summed E-state index contributed by atoms with van der Waals surface area (Å²) in [6.45, 7) is 6.99. The molecule has 25 heavy (non-hydrogen) atoms. The van der Waals surface area contributed by atoms with E-state index in [4.69, 9.17) is 4.74 Å². The highest BCUT2D eigenvalue weighted by Gasteiger charge is 2.62. The normalized spacial score (nSPS) is 48.9. The minimum Gasteiger partial charge on any atom is -0.468 e. The number of Topliss-reactive ketones (excluding diaryl/α,β-unsaturated/α-hetero) is 1. The summed E-state index contributed by atoms with van der Waals surface area (Å²) in [7, 11) is 1.41. The summed E-state index contributed by atoms with van der Waals surface area (Å²) in [5, 5.41) is 0. The molecular formula is C22H32O3. The molecule has 4 aliphatic rings. The van der Waals surface area contributed by atoms with Crippen molar-refractivity contribution in [2.75, 3.05) is 7.11 Å². The van der Waals surface area contributed by atoms with Crippen LogP contribution < -0.4 is 0 Å². The SMILES string of the molecule is COC(=O)C1C[C@H]2[C@@H]3CC=C4CC(C)CC[C@]4(C)[C@@H]3CC[C@]2(C)C1=O. The Hall–Kier alpha value is -1.12. The zero-order valence-electron chi connectivity index (χ0n) is 16.1. The number of esters is 1. The van der Waals surface area contributed by atoms with Gasteiger partial charge in [-0.05, 0) is 74.0 Å². The van der Waals surface area contributed by atoms with Crippen molar-refractivity contribution < 1.29 is 14.3 Å². The van der Waals surface area contributed by atoms with Crippen molar-refractivity contribution in [3.05, 3.63) is 11.6 Å². The second-order valence-corrected chi connectivity index (χ2v) is 9.74. The fraction of sp³-hybridized carbons (Fsp3) is 0.818. The molecule has 0 aromatic rings. The van der Waals surface area contributed by atoms with E-state index in [2.05, 4.69) is 26.8 Å². The highest BCUT2D eigenvalue weighted by molar-refractivity contribution is 6.03. The van der Waals surface area contributed by atoms with Gasteiger partial charge in [-0.2, -0.15) is 0 Å². The summed E-state index contributed by atoms with van der Waals surface area (Å²) in [5.74, 6) is 1.70. The highest BCUT2D eigenvalue weighted by atomic mass is 16.5. The Bertz CT molecular complexity index is 635. The van der Waals surface area contributed by atoms with Gasteiger partial charge in [0.2, 0.25) is 0 Å². The van der Waals surface area contributed by atoms with E-state index < -0.39 is 5.92 Å². The van der Waals surface area contributed by atoms with Crippen LogP contribution in [0.4, 0.5) is 0 Å². The number of rotatable bonds is 1. The predicted octanol–water partition coefficient (Wildman–Crippen LogP) is 4.55. The van der Waals surface area contributed by atoms with Crippen LogP contribution in [0.5, 0.6) is 0 Å². The molecule has 0 spiro atoms. The Balaban J connectivity index is 1.67. The maximum atomic E-state index is 13.0. The Morgan fingerprint density at radius 1 is 1.16 bits per heavy atom. The third-order valence-corrected chi connectivity index (χ3v) is 8.59. The topological polar surface area (TPSA) is 43.4 Å². The van der Waals surface area contributed by atoms with Crippen LogP contribution in [0.25, 0.3) is 0 Å². The van der Waals surface area contributed by atoms with E-state index in [9.17, 15) is 9.59 Å². The quantitative estimate of drug-likeness (QED) is 0.398. The number of ether oxygens (including phenoxy) is 1. The lowest BCUT2D eigenvalue weighted by Gasteiger charge is -2.56. The first-order valence-electron chi connectivity index (χ1n) is 10.1. The predicted molar refractivity (Wildman–Crippen MR) is 96.8 cm³/mol. The number of hydrogen-bond donors (Lipinski definition) is 0. The van der Waals surface area contributed by atoms with Crippen LogP contribution >= 0.6 is 0 Å². The number of fused-ring (bicyclic) bond motifs is 5. The van der Waals surface area contributed by atoms with Gasteiger partial charge in [-0.1, -0.05) is 32.4 Å². The first-order chi connectivity index (χ1) is 11.8. The average Bonchev–Trinajstić information content (AvgIpc) is 2.87. The third kappa shape index (κ3) is 2.30. The molecule has 138 valence electrons. The lowest BCUT2D eigenvalue weighted by Crippen LogP contribution is -2.50. The number of methoxy groups -OCH3 is 1. The molecule has 3 nitrogen and oxygen atoms in total. The summed E-state index contributed by atoms with van der Waals surface area (Å²) in [4.78, 5) is 25.2. The van der Waals surface area contributed by atoms with E-state index in [0.717, 1.165) is 25.2 Å². The van der Waals surface area contributed by atoms with Crippen molar-refractivity contribution in [1.82, 2.24) is 0 Å². The van der Waals surface area contributed by atoms with Crippen molar-refractivity contribution in [1.29, 1.82) is 0 Å². The van der Waals surface area contributed by atoms with Gasteiger partial charge < -0.3 is 4.74 Å². The van der Waals surface area contributed by atoms with Gasteiger partial charge in [0.05, 0.1) is 7.11 Å². The Labute approximate surface area is 151 Å². The summed E-state index contributed by atoms with van der Waals surface area (Å²) in [5.41, 5.74) is 1.69. The molecule has 0 aliphatic heterocycles. The Kier molecular flexibility index (Phi) is 3.94. The third-order valence-electron chi connectivity index (χ3n) is 8.59. The molecule has 0 bridgehead atoms. The van der Waals surface area contributed by atoms with Crippen molar-refractivity contribution >= 4 is 11.8 Å². The first kappa shape index (κ1) is 17.3. The maximum absolute atomic E-state index is 13.0. The van der Waals surface area contributed by atoms with Gasteiger partial charge in [-0.25, -0.2) is 0 Å². The number of hydrogen-bond acceptors (Lipinski definition) is 3. The van der Waals surface area contributed by atoms with Crippen molar-refractivity contribution in [2.45, 2.75) is 65.7 Å². The molecular weight excluding hydrogens is 312 g/mol. The molecule has 3 saturated carbocycles. The molecule has 0 aromatic heterocycles. The maximum Gasteiger partial charge on any atom is 0.316 e. The van der Waals surface area contributed by atoms with Crippen LogP contribution in [-0.4, -0.2) is 18.9 Å². The lowest BCUT2D eigenvalue weighted by molar-refractivity contribution is -0.150. The fourth-order valence-corrected chi connectivity index (χ4v) is 7.01. The second kappa shape index (κ2) is 5.69. The number of carbonyl (C=O) groups is 2. The molecule has 4 aliphatic carbocycles. The average molecular weight is 344 g/mol. The smallest absolute Gasteiger partial charge is 0.316 e. The lowest BCUT2D eigenvalue weighted by atomic mass is 9.47. The van der Waals surface area contributed by atoms with Crippen LogP contribution in [0.1, 0.15) is 65.7 Å². The van der Waals surface area contributed by atoms with Crippen LogP contribution in [0.3, 0.4) is 0 Å². The van der Waals surface area contributed by atoms with Crippen LogP contribution in [0.15, 0.2) is 11.6 Å². The van der Waals surface area contributed by atoms with Crippen molar-refractivity contribution in [3.63, 3.8) is 0 Å². The van der Waals surface area contributed by atoms with Crippen LogP contribution in [-0.2, 0) is 14.3 Å². The van der Waals surface area contributed by atoms with Gasteiger partial charge in [0.25, 0.3) is 0 Å². The largest absolute Gasteiger partial charge is 0.468 e. The molecule has 3 heteroatoms. The second-order valence-electron chi connectivity index (χ2n) is 9.74. The van der Waals surface area contributed by atoms with Gasteiger partial charge in [-0.15, -0.1) is 0 Å². The van der Waals surface area contributed by atoms with E-state index in [-0.39, 0.29) is 17.2 Å². The van der Waals surface area contributed by atoms with Gasteiger partial charge >= 0.3 is 5.97 Å². The molecule has 0 radical (unpaired) electrons. The van der Waals surface area contributed by atoms with E-state index >= 15 is 0 Å². The molecule has 7 atom stereocenters. The molecule has 3 fully saturated rings. The summed E-state index contributed by atoms with van der Waals surface area (Å²) < 4.78 is 4.94. The van der Waals surface area contributed by atoms with Crippen molar-refractivity contribution in [3.8, 4) is 0 Å². The Morgan fingerprint density at radius 2 is 1.88 bits per heavy atom. The summed E-state index contributed by atoms with van der Waals surface area (Å²) >= 11 is 0. The van der Waals surface area contributed by atoms with Crippen LogP contribution in [0, 0.1) is 40.4 Å². The standard InChI is InChI=1S/C22H32O3/c1-13-7-9-21(2)14(11-13)5-6-15-17(21)8-10-22(3)18(15)12-16(19(22)23)20(24)25-4/h5,13,15-18H,6-12H2,1-4H3/t13?,15-,16?,17-,18+,21+,22+/m1/s1. The molecule has 0 amide bonds. The van der Waals surface area contributed by atoms with Gasteiger partial charge in [-0.3, -0.25) is 9.59 Å². The van der Waals surface area contributed by atoms with Gasteiger partial charge in [0, 0.05) is 5.41 Å². The van der Waals surface area contributed by atoms with Crippen LogP contribution in [0.2, 0.25) is 0 Å². The highest BCUT2D eigenvalue weighted by Crippen LogP contribution is 2.65. The number of allylic oxidation sites excluding steroid dienone is 2. The fourth-order valence-electron chi connectivity index (χ4n) is 7.01. The van der Waals surface area contributed by atoms with E-state index in [1.165, 1.54) is 26.4 Å². The van der Waals surface area contributed by atoms with Crippen molar-refractivity contribution in [2.24, 2.45) is 40.4 Å². The summed E-state index contributed by atoms with van der Waals surface area (Å²) in [6, 6.07) is 0. The zero-order chi connectivity index (χ0) is 18.0. The first-order valence-corrected chi connectivity index (χ1v) is 10.1. The van der Waals surface area contributed by atoms with Gasteiger partial charge in [0.1, 0.15) is 5.92 Å². The number of carbonyl (C=O) groups excluding carboxylic acids is 2. The Morgan fingerprint density at radius 3 is 2.60 bits per heavy atom. The molecule has 0 aromatic carbocycles. The molecule has 0 heterocycles. The zero-order valence-corrected chi connectivity index (χ0v) is 16.1. The monoisotopic (exact) mass is 344 g/mol. The molecule has 4 rings (SSSR count). The summed E-state index contributed by atoms with van der Waals surface area (Å²) in [6.07, 6.45) is 10.3. The van der Waals surface area contributed by atoms with E-state index in [0.29, 0.717) is 29.6 Å². The molecule has 0 saturated heterocycles. The number of ketones is 1. The van der Waals surface area contributed by atoms with E-state index in [1.54, 1.807) is 5.57 Å².